The largest absolute Gasteiger partial charge is 0.382 e. The summed E-state index contributed by atoms with van der Waals surface area (Å²) in [6, 6.07) is 8.73. The third kappa shape index (κ3) is 3.58. The van der Waals surface area contributed by atoms with Crippen LogP contribution >= 0.6 is 0 Å². The first-order valence-corrected chi connectivity index (χ1v) is 8.29. The molecule has 0 unspecified atom stereocenters. The summed E-state index contributed by atoms with van der Waals surface area (Å²) in [6.07, 6.45) is 11.5. The Kier molecular flexibility index (Phi) is 4.18. The molecule has 3 N–H and O–H groups in total. The summed E-state index contributed by atoms with van der Waals surface area (Å²) in [6.45, 7) is 0. The van der Waals surface area contributed by atoms with Gasteiger partial charge in [0.1, 0.15) is 0 Å². The summed E-state index contributed by atoms with van der Waals surface area (Å²) in [7, 11) is 0. The first-order valence-electron chi connectivity index (χ1n) is 8.29. The highest BCUT2D eigenvalue weighted by Gasteiger charge is 2.37. The van der Waals surface area contributed by atoms with Gasteiger partial charge in [-0.05, 0) is 61.6 Å². The van der Waals surface area contributed by atoms with E-state index in [1.54, 1.807) is 0 Å². The molecule has 2 fully saturated rings. The van der Waals surface area contributed by atoms with Gasteiger partial charge in [-0.25, -0.2) is 0 Å². The maximum Gasteiger partial charge on any atom is 0.221 e. The predicted molar refractivity (Wildman–Crippen MR) is 86.1 cm³/mol. The molecule has 21 heavy (non-hydrogen) atoms. The zero-order valence-corrected chi connectivity index (χ0v) is 12.7. The van der Waals surface area contributed by atoms with Crippen LogP contribution in [0.4, 0.5) is 5.69 Å². The number of benzene rings is 1. The van der Waals surface area contributed by atoms with Gasteiger partial charge in [0.15, 0.2) is 0 Å². The Morgan fingerprint density at radius 3 is 2.29 bits per heavy atom. The monoisotopic (exact) mass is 286 g/mol. The molecule has 1 aromatic rings. The van der Waals surface area contributed by atoms with Crippen LogP contribution in [0.2, 0.25) is 0 Å². The Morgan fingerprint density at radius 2 is 1.71 bits per heavy atom. The average Bonchev–Trinajstić information content (AvgIpc) is 2.92. The van der Waals surface area contributed by atoms with Crippen LogP contribution in [0.5, 0.6) is 0 Å². The summed E-state index contributed by atoms with van der Waals surface area (Å²) in [5, 5.41) is 3.65. The minimum atomic E-state index is -0.273. The molecule has 3 nitrogen and oxygen atoms in total. The molecule has 3 heteroatoms. The van der Waals surface area contributed by atoms with Crippen LogP contribution in [0.25, 0.3) is 0 Å². The average molecular weight is 286 g/mol. The molecule has 0 radical (unpaired) electrons. The molecule has 0 bridgehead atoms. The molecule has 114 valence electrons. The fraction of sp³-hybridized carbons (Fsp3) is 0.611. The molecular weight excluding hydrogens is 260 g/mol. The second-order valence-electron chi connectivity index (χ2n) is 6.97. The van der Waals surface area contributed by atoms with E-state index in [0.29, 0.717) is 17.9 Å². The van der Waals surface area contributed by atoms with Gasteiger partial charge in [-0.2, -0.15) is 0 Å². The second-order valence-corrected chi connectivity index (χ2v) is 6.97. The molecule has 1 amide bonds. The first-order chi connectivity index (χ1) is 10.2. The summed E-state index contributed by atoms with van der Waals surface area (Å²) < 4.78 is 0. The lowest BCUT2D eigenvalue weighted by Crippen LogP contribution is -2.31. The van der Waals surface area contributed by atoms with Gasteiger partial charge in [0.05, 0.1) is 6.42 Å². The molecular formula is C18H26N2O. The quantitative estimate of drug-likeness (QED) is 0.888. The van der Waals surface area contributed by atoms with Crippen LogP contribution in [0.1, 0.15) is 56.9 Å². The van der Waals surface area contributed by atoms with Crippen LogP contribution < -0.4 is 11.1 Å². The number of primary amides is 1. The number of carbonyl (C=O) groups excluding carboxylic acids is 1. The van der Waals surface area contributed by atoms with Gasteiger partial charge in [0, 0.05) is 11.7 Å². The van der Waals surface area contributed by atoms with E-state index in [-0.39, 0.29) is 5.91 Å². The van der Waals surface area contributed by atoms with E-state index in [2.05, 4.69) is 17.4 Å². The van der Waals surface area contributed by atoms with Crippen molar-refractivity contribution in [3.63, 3.8) is 0 Å². The molecule has 2 aliphatic rings. The Bertz CT molecular complexity index is 478. The summed E-state index contributed by atoms with van der Waals surface area (Å²) >= 11 is 0. The van der Waals surface area contributed by atoms with Crippen LogP contribution in [0.15, 0.2) is 24.3 Å². The number of nitrogens with one attached hydrogen (secondary N) is 1. The fourth-order valence-corrected chi connectivity index (χ4v) is 4.16. The first kappa shape index (κ1) is 14.4. The third-order valence-corrected chi connectivity index (χ3v) is 5.41. The predicted octanol–water partition coefficient (Wildman–Crippen LogP) is 3.63. The molecule has 0 aliphatic heterocycles. The Balaban J connectivity index is 1.52. The Morgan fingerprint density at radius 1 is 1.10 bits per heavy atom. The lowest BCUT2D eigenvalue weighted by Gasteiger charge is -2.37. The van der Waals surface area contributed by atoms with Gasteiger partial charge in [-0.3, -0.25) is 4.79 Å². The highest BCUT2D eigenvalue weighted by atomic mass is 16.1. The lowest BCUT2D eigenvalue weighted by atomic mass is 9.71. The van der Waals surface area contributed by atoms with Gasteiger partial charge in [-0.1, -0.05) is 25.0 Å². The number of hydrogen-bond acceptors (Lipinski definition) is 2. The van der Waals surface area contributed by atoms with E-state index in [9.17, 15) is 4.79 Å². The minimum Gasteiger partial charge on any atom is -0.382 e. The SMILES string of the molecule is NC(=O)Cc1ccc(NC2CCC3(CCCC3)CC2)cc1. The standard InChI is InChI=1S/C18H26N2O/c19-17(21)13-14-3-5-15(6-4-14)20-16-7-11-18(12-8-16)9-1-2-10-18/h3-6,16,20H,1-2,7-13H2,(H2,19,21). The Labute approximate surface area is 127 Å². The maximum absolute atomic E-state index is 10.9. The number of amides is 1. The highest BCUT2D eigenvalue weighted by Crippen LogP contribution is 2.49. The van der Waals surface area contributed by atoms with Crippen molar-refractivity contribution in [2.24, 2.45) is 11.1 Å². The van der Waals surface area contributed by atoms with Crippen molar-refractivity contribution < 1.29 is 4.79 Å². The van der Waals surface area contributed by atoms with Crippen LogP contribution in [-0.2, 0) is 11.2 Å². The molecule has 1 spiro atoms. The van der Waals surface area contributed by atoms with Crippen molar-refractivity contribution in [3.8, 4) is 0 Å². The van der Waals surface area contributed by atoms with Crippen molar-refractivity contribution in [3.05, 3.63) is 29.8 Å². The van der Waals surface area contributed by atoms with E-state index >= 15 is 0 Å². The molecule has 2 aliphatic carbocycles. The smallest absolute Gasteiger partial charge is 0.221 e. The van der Waals surface area contributed by atoms with E-state index in [4.69, 9.17) is 5.73 Å². The topological polar surface area (TPSA) is 55.1 Å². The van der Waals surface area contributed by atoms with Crippen molar-refractivity contribution in [2.45, 2.75) is 63.8 Å². The van der Waals surface area contributed by atoms with Crippen molar-refractivity contribution in [1.82, 2.24) is 0 Å². The molecule has 0 saturated heterocycles. The molecule has 0 atom stereocenters. The van der Waals surface area contributed by atoms with Crippen LogP contribution in [0.3, 0.4) is 0 Å². The van der Waals surface area contributed by atoms with E-state index in [0.717, 1.165) is 11.3 Å². The van der Waals surface area contributed by atoms with Crippen LogP contribution in [-0.4, -0.2) is 11.9 Å². The van der Waals surface area contributed by atoms with Gasteiger partial charge in [0.2, 0.25) is 5.91 Å². The summed E-state index contributed by atoms with van der Waals surface area (Å²) in [4.78, 5) is 10.9. The molecule has 1 aromatic carbocycles. The number of anilines is 1. The molecule has 2 saturated carbocycles. The number of carbonyl (C=O) groups is 1. The van der Waals surface area contributed by atoms with E-state index in [1.165, 1.54) is 51.4 Å². The summed E-state index contributed by atoms with van der Waals surface area (Å²) in [5.74, 6) is -0.273. The summed E-state index contributed by atoms with van der Waals surface area (Å²) in [5.41, 5.74) is 8.06. The van der Waals surface area contributed by atoms with Crippen molar-refractivity contribution >= 4 is 11.6 Å². The van der Waals surface area contributed by atoms with Gasteiger partial charge < -0.3 is 11.1 Å². The van der Waals surface area contributed by atoms with Crippen LogP contribution in [0, 0.1) is 5.41 Å². The van der Waals surface area contributed by atoms with Gasteiger partial charge >= 0.3 is 0 Å². The van der Waals surface area contributed by atoms with Crippen molar-refractivity contribution in [2.75, 3.05) is 5.32 Å². The van der Waals surface area contributed by atoms with E-state index in [1.807, 2.05) is 12.1 Å². The van der Waals surface area contributed by atoms with E-state index < -0.39 is 0 Å². The Hall–Kier alpha value is -1.51. The lowest BCUT2D eigenvalue weighted by molar-refractivity contribution is -0.117. The van der Waals surface area contributed by atoms with Gasteiger partial charge in [0.25, 0.3) is 0 Å². The number of nitrogens with two attached hydrogens (primary N) is 1. The zero-order chi connectivity index (χ0) is 14.7. The second kappa shape index (κ2) is 6.08. The zero-order valence-electron chi connectivity index (χ0n) is 12.7. The fourth-order valence-electron chi connectivity index (χ4n) is 4.16. The molecule has 0 heterocycles. The normalized spacial score (nSPS) is 21.5. The maximum atomic E-state index is 10.9. The number of rotatable bonds is 4. The molecule has 3 rings (SSSR count). The molecule has 0 aromatic heterocycles. The van der Waals surface area contributed by atoms with Crippen molar-refractivity contribution in [1.29, 1.82) is 0 Å². The third-order valence-electron chi connectivity index (χ3n) is 5.41. The minimum absolute atomic E-state index is 0.273. The van der Waals surface area contributed by atoms with Gasteiger partial charge in [-0.15, -0.1) is 0 Å². The number of hydrogen-bond donors (Lipinski definition) is 2. The highest BCUT2D eigenvalue weighted by molar-refractivity contribution is 5.76.